The number of halogens is 2. The second-order valence-electron chi connectivity index (χ2n) is 3.05. The maximum atomic E-state index is 12.0. The molecule has 0 aliphatic heterocycles. The summed E-state index contributed by atoms with van der Waals surface area (Å²) in [6, 6.07) is 0. The molecule has 1 aromatic rings. The number of nitrogens with two attached hydrogens (primary N) is 3. The predicted molar refractivity (Wildman–Crippen MR) is 60.3 cm³/mol. The molecule has 0 saturated carbocycles. The second-order valence-corrected chi connectivity index (χ2v) is 4.07. The number of hydrogen-bond donors (Lipinski definition) is 4. The summed E-state index contributed by atoms with van der Waals surface area (Å²) < 4.78 is 24.0. The molecule has 1 heterocycles. The Balaban J connectivity index is 3.14. The maximum absolute atomic E-state index is 12.0. The first kappa shape index (κ1) is 13.2. The lowest BCUT2D eigenvalue weighted by Gasteiger charge is -2.04. The lowest BCUT2D eigenvalue weighted by molar-refractivity contribution is 0.0999. The highest BCUT2D eigenvalue weighted by Crippen LogP contribution is 2.35. The smallest absolute Gasteiger partial charge is 0.260 e. The molecule has 0 saturated heterocycles. The van der Waals surface area contributed by atoms with Gasteiger partial charge in [0, 0.05) is 0 Å². The van der Waals surface area contributed by atoms with Gasteiger partial charge in [-0.2, -0.15) is 0 Å². The molecule has 0 fully saturated rings. The van der Waals surface area contributed by atoms with Crippen molar-refractivity contribution in [1.29, 1.82) is 0 Å². The van der Waals surface area contributed by atoms with Crippen LogP contribution >= 0.6 is 11.3 Å². The Hall–Kier alpha value is -1.90. The average molecular weight is 264 g/mol. The van der Waals surface area contributed by atoms with Crippen molar-refractivity contribution in [3.8, 4) is 0 Å². The Morgan fingerprint density at radius 1 is 1.29 bits per heavy atom. The summed E-state index contributed by atoms with van der Waals surface area (Å²) in [6.45, 7) is -0.682. The van der Waals surface area contributed by atoms with Crippen LogP contribution in [0.25, 0.3) is 0 Å². The number of carbonyl (C=O) groups is 2. The van der Waals surface area contributed by atoms with Crippen LogP contribution in [0.2, 0.25) is 0 Å². The number of anilines is 2. The van der Waals surface area contributed by atoms with Crippen molar-refractivity contribution in [2.45, 2.75) is 6.43 Å². The first-order chi connectivity index (χ1) is 7.84. The van der Waals surface area contributed by atoms with Gasteiger partial charge in [0.15, 0.2) is 0 Å². The standard InChI is InChI=1S/C8H10F2N4O2S/c9-2(10)1-14-8-3(6(12)15)4(11)5(17-8)7(13)16/h2,14H,1,11H2,(H2,12,15)(H2,13,16). The molecule has 1 aromatic heterocycles. The molecule has 0 bridgehead atoms. The molecular weight excluding hydrogens is 254 g/mol. The zero-order valence-electron chi connectivity index (χ0n) is 8.50. The number of hydrogen-bond acceptors (Lipinski definition) is 5. The first-order valence-electron chi connectivity index (χ1n) is 4.38. The minimum absolute atomic E-state index is 0.0177. The van der Waals surface area contributed by atoms with E-state index in [9.17, 15) is 18.4 Å². The molecule has 0 radical (unpaired) electrons. The Kier molecular flexibility index (Phi) is 3.84. The van der Waals surface area contributed by atoms with Crippen molar-refractivity contribution in [2.24, 2.45) is 11.5 Å². The molecule has 17 heavy (non-hydrogen) atoms. The first-order valence-corrected chi connectivity index (χ1v) is 5.20. The fraction of sp³-hybridized carbons (Fsp3) is 0.250. The monoisotopic (exact) mass is 264 g/mol. The van der Waals surface area contributed by atoms with E-state index in [1.807, 2.05) is 0 Å². The number of nitrogens with one attached hydrogen (secondary N) is 1. The van der Waals surface area contributed by atoms with E-state index in [0.717, 1.165) is 11.3 Å². The van der Waals surface area contributed by atoms with Crippen LogP contribution in [0.5, 0.6) is 0 Å². The molecule has 94 valence electrons. The summed E-state index contributed by atoms with van der Waals surface area (Å²) in [5, 5.41) is 2.31. The SMILES string of the molecule is NC(=O)c1sc(NCC(F)F)c(C(N)=O)c1N. The van der Waals surface area contributed by atoms with E-state index in [0.29, 0.717) is 0 Å². The van der Waals surface area contributed by atoms with Gasteiger partial charge in [0.25, 0.3) is 18.2 Å². The zero-order chi connectivity index (χ0) is 13.2. The summed E-state index contributed by atoms with van der Waals surface area (Å²) >= 11 is 0.720. The van der Waals surface area contributed by atoms with Crippen LogP contribution in [0, 0.1) is 0 Å². The van der Waals surface area contributed by atoms with Crippen LogP contribution in [0.4, 0.5) is 19.5 Å². The number of thiophene rings is 1. The van der Waals surface area contributed by atoms with Gasteiger partial charge in [-0.25, -0.2) is 8.78 Å². The van der Waals surface area contributed by atoms with E-state index in [1.54, 1.807) is 0 Å². The number of amides is 2. The van der Waals surface area contributed by atoms with E-state index in [1.165, 1.54) is 0 Å². The van der Waals surface area contributed by atoms with Crippen molar-refractivity contribution >= 4 is 33.8 Å². The minimum atomic E-state index is -2.61. The van der Waals surface area contributed by atoms with Gasteiger partial charge in [0.2, 0.25) is 0 Å². The summed E-state index contributed by atoms with van der Waals surface area (Å²) in [5.41, 5.74) is 15.2. The molecule has 0 aromatic carbocycles. The van der Waals surface area contributed by atoms with Crippen molar-refractivity contribution in [3.05, 3.63) is 10.4 Å². The third kappa shape index (κ3) is 2.81. The summed E-state index contributed by atoms with van der Waals surface area (Å²) in [7, 11) is 0. The lowest BCUT2D eigenvalue weighted by Crippen LogP contribution is -2.17. The number of carbonyl (C=O) groups excluding carboxylic acids is 2. The minimum Gasteiger partial charge on any atom is -0.397 e. The van der Waals surface area contributed by atoms with Crippen LogP contribution in [0.15, 0.2) is 0 Å². The van der Waals surface area contributed by atoms with Crippen molar-refractivity contribution in [2.75, 3.05) is 17.6 Å². The second kappa shape index (κ2) is 4.95. The molecular formula is C8H10F2N4O2S. The van der Waals surface area contributed by atoms with E-state index in [2.05, 4.69) is 5.32 Å². The van der Waals surface area contributed by atoms with Gasteiger partial charge in [0.1, 0.15) is 9.88 Å². The third-order valence-corrected chi connectivity index (χ3v) is 3.01. The van der Waals surface area contributed by atoms with Gasteiger partial charge in [-0.1, -0.05) is 0 Å². The molecule has 0 aliphatic carbocycles. The zero-order valence-corrected chi connectivity index (χ0v) is 9.31. The third-order valence-electron chi connectivity index (χ3n) is 1.83. The van der Waals surface area contributed by atoms with Crippen molar-refractivity contribution in [1.82, 2.24) is 0 Å². The highest BCUT2D eigenvalue weighted by molar-refractivity contribution is 7.19. The van der Waals surface area contributed by atoms with E-state index in [-0.39, 0.29) is 21.1 Å². The van der Waals surface area contributed by atoms with Crippen LogP contribution in [0.3, 0.4) is 0 Å². The van der Waals surface area contributed by atoms with Gasteiger partial charge in [0.05, 0.1) is 17.8 Å². The van der Waals surface area contributed by atoms with Gasteiger partial charge in [-0.05, 0) is 0 Å². The maximum Gasteiger partial charge on any atom is 0.260 e. The Labute approximate surface area is 98.8 Å². The van der Waals surface area contributed by atoms with E-state index >= 15 is 0 Å². The van der Waals surface area contributed by atoms with Crippen molar-refractivity contribution < 1.29 is 18.4 Å². The average Bonchev–Trinajstić information content (AvgIpc) is 2.52. The number of alkyl halides is 2. The molecule has 7 N–H and O–H groups in total. The summed E-state index contributed by atoms with van der Waals surface area (Å²) in [5.74, 6) is -1.76. The van der Waals surface area contributed by atoms with Crippen LogP contribution < -0.4 is 22.5 Å². The van der Waals surface area contributed by atoms with E-state index in [4.69, 9.17) is 17.2 Å². The Morgan fingerprint density at radius 3 is 2.29 bits per heavy atom. The molecule has 2 amide bonds. The van der Waals surface area contributed by atoms with Gasteiger partial charge >= 0.3 is 0 Å². The highest BCUT2D eigenvalue weighted by atomic mass is 32.1. The fourth-order valence-electron chi connectivity index (χ4n) is 1.17. The topological polar surface area (TPSA) is 124 Å². The molecule has 0 aliphatic rings. The van der Waals surface area contributed by atoms with Crippen LogP contribution in [-0.2, 0) is 0 Å². The summed E-state index contributed by atoms with van der Waals surface area (Å²) in [4.78, 5) is 22.0. The summed E-state index contributed by atoms with van der Waals surface area (Å²) in [6.07, 6.45) is -2.61. The molecule has 0 unspecified atom stereocenters. The number of rotatable bonds is 5. The molecule has 6 nitrogen and oxygen atoms in total. The number of primary amides is 2. The normalized spacial score (nSPS) is 10.5. The molecule has 1 rings (SSSR count). The van der Waals surface area contributed by atoms with E-state index < -0.39 is 24.8 Å². The molecule has 0 atom stereocenters. The molecule has 9 heteroatoms. The largest absolute Gasteiger partial charge is 0.397 e. The van der Waals surface area contributed by atoms with Crippen LogP contribution in [0.1, 0.15) is 20.0 Å². The van der Waals surface area contributed by atoms with Gasteiger partial charge in [-0.15, -0.1) is 11.3 Å². The fourth-order valence-corrected chi connectivity index (χ4v) is 2.15. The van der Waals surface area contributed by atoms with Gasteiger partial charge in [-0.3, -0.25) is 9.59 Å². The van der Waals surface area contributed by atoms with Gasteiger partial charge < -0.3 is 22.5 Å². The van der Waals surface area contributed by atoms with Crippen LogP contribution in [-0.4, -0.2) is 24.8 Å². The Morgan fingerprint density at radius 2 is 1.88 bits per heavy atom. The highest BCUT2D eigenvalue weighted by Gasteiger charge is 2.23. The lowest BCUT2D eigenvalue weighted by atomic mass is 10.2. The Bertz CT molecular complexity index is 461. The predicted octanol–water partition coefficient (Wildman–Crippen LogP) is 0.205. The van der Waals surface area contributed by atoms with Crippen molar-refractivity contribution in [3.63, 3.8) is 0 Å². The molecule has 0 spiro atoms. The quantitative estimate of drug-likeness (QED) is 0.606. The number of nitrogen functional groups attached to an aromatic ring is 1.